The second-order valence-electron chi connectivity index (χ2n) is 18.7. The summed E-state index contributed by atoms with van der Waals surface area (Å²) in [6, 6.07) is 87.8. The van der Waals surface area contributed by atoms with Crippen LogP contribution in [0.1, 0.15) is 25.0 Å². The third-order valence-corrected chi connectivity index (χ3v) is 20.1. The quantitative estimate of drug-likeness (QED) is 0.151. The van der Waals surface area contributed by atoms with E-state index in [0.29, 0.717) is 0 Å². The molecular formula is C65H44P2. The third kappa shape index (κ3) is 5.56. The van der Waals surface area contributed by atoms with E-state index in [1.165, 1.54) is 130 Å². The lowest BCUT2D eigenvalue weighted by Crippen LogP contribution is -2.16. The maximum Gasteiger partial charge on any atom is 0.0165 e. The molecule has 0 saturated carbocycles. The Labute approximate surface area is 392 Å². The largest absolute Gasteiger partial charge is 0.0766 e. The van der Waals surface area contributed by atoms with Gasteiger partial charge in [-0.15, -0.1) is 0 Å². The Hall–Kier alpha value is -7.46. The molecule has 14 rings (SSSR count). The minimum Gasteiger partial charge on any atom is -0.0766 e. The maximum absolute atomic E-state index is 2.57. The molecule has 314 valence electrons. The summed E-state index contributed by atoms with van der Waals surface area (Å²) >= 11 is 0. The molecule has 2 heterocycles. The van der Waals surface area contributed by atoms with Gasteiger partial charge in [0.05, 0.1) is 0 Å². The summed E-state index contributed by atoms with van der Waals surface area (Å²) in [5.41, 5.74) is 13.2. The summed E-state index contributed by atoms with van der Waals surface area (Å²) in [6.07, 6.45) is 0. The average Bonchev–Trinajstić information content (AvgIpc) is 3.99. The van der Waals surface area contributed by atoms with Crippen molar-refractivity contribution in [3.8, 4) is 55.1 Å². The molecule has 2 aromatic heterocycles. The van der Waals surface area contributed by atoms with Gasteiger partial charge < -0.3 is 0 Å². The van der Waals surface area contributed by atoms with Gasteiger partial charge in [-0.3, -0.25) is 0 Å². The average molecular weight is 887 g/mol. The van der Waals surface area contributed by atoms with Crippen LogP contribution in [-0.4, -0.2) is 0 Å². The van der Waals surface area contributed by atoms with Crippen LogP contribution in [0.15, 0.2) is 231 Å². The summed E-state index contributed by atoms with van der Waals surface area (Å²) < 4.78 is 0. The predicted molar refractivity (Wildman–Crippen MR) is 293 cm³/mol. The van der Waals surface area contributed by atoms with Gasteiger partial charge in [-0.05, 0) is 115 Å². The fourth-order valence-electron chi connectivity index (χ4n) is 12.1. The zero-order chi connectivity index (χ0) is 44.4. The van der Waals surface area contributed by atoms with Crippen LogP contribution in [-0.2, 0) is 5.41 Å². The van der Waals surface area contributed by atoms with Gasteiger partial charge >= 0.3 is 0 Å². The summed E-state index contributed by atoms with van der Waals surface area (Å²) in [6.45, 7) is 4.86. The van der Waals surface area contributed by atoms with E-state index in [1.54, 1.807) is 0 Å². The van der Waals surface area contributed by atoms with Crippen LogP contribution in [0, 0.1) is 0 Å². The second kappa shape index (κ2) is 14.8. The van der Waals surface area contributed by atoms with Crippen LogP contribution < -0.4 is 0 Å². The monoisotopic (exact) mass is 886 g/mol. The maximum atomic E-state index is 2.57. The molecule has 67 heavy (non-hydrogen) atoms. The van der Waals surface area contributed by atoms with Gasteiger partial charge in [0.1, 0.15) is 0 Å². The Balaban J connectivity index is 1.15. The molecule has 13 aromatic rings. The van der Waals surface area contributed by atoms with Crippen LogP contribution in [0.4, 0.5) is 0 Å². The lowest BCUT2D eigenvalue weighted by atomic mass is 9.77. The van der Waals surface area contributed by atoms with Crippen LogP contribution >= 0.6 is 15.1 Å². The Kier molecular flexibility index (Phi) is 8.55. The lowest BCUT2D eigenvalue weighted by molar-refractivity contribution is 0.662. The van der Waals surface area contributed by atoms with Crippen LogP contribution in [0.3, 0.4) is 0 Å². The normalized spacial score (nSPS) is 13.6. The Bertz CT molecular complexity index is 3950. The topological polar surface area (TPSA) is 0 Å². The molecule has 0 amide bonds. The first-order valence-corrected chi connectivity index (χ1v) is 26.1. The van der Waals surface area contributed by atoms with Gasteiger partial charge in [-0.2, -0.15) is 0 Å². The van der Waals surface area contributed by atoms with E-state index < -0.39 is 15.1 Å². The minimum absolute atomic E-state index is 0.193. The first-order valence-electron chi connectivity index (χ1n) is 23.4. The minimum atomic E-state index is -0.795. The Morgan fingerprint density at radius 1 is 0.284 bits per heavy atom. The summed E-state index contributed by atoms with van der Waals surface area (Å²) in [5.74, 6) is 0. The van der Waals surface area contributed by atoms with E-state index in [9.17, 15) is 0 Å². The Morgan fingerprint density at radius 3 is 1.22 bits per heavy atom. The molecule has 0 aliphatic heterocycles. The van der Waals surface area contributed by atoms with Crippen molar-refractivity contribution >= 4 is 78.6 Å². The van der Waals surface area contributed by atoms with E-state index in [2.05, 4.69) is 244 Å². The third-order valence-electron chi connectivity index (χ3n) is 14.9. The van der Waals surface area contributed by atoms with Gasteiger partial charge in [0, 0.05) is 25.9 Å². The van der Waals surface area contributed by atoms with Crippen molar-refractivity contribution in [3.05, 3.63) is 242 Å². The number of rotatable bonds is 5. The van der Waals surface area contributed by atoms with Crippen molar-refractivity contribution in [3.63, 3.8) is 0 Å². The van der Waals surface area contributed by atoms with Gasteiger partial charge in [0.15, 0.2) is 0 Å². The smallest absolute Gasteiger partial charge is 0.0165 e. The van der Waals surface area contributed by atoms with Gasteiger partial charge in [-0.1, -0.05) is 253 Å². The van der Waals surface area contributed by atoms with Crippen molar-refractivity contribution in [2.24, 2.45) is 0 Å². The van der Waals surface area contributed by atoms with E-state index in [0.717, 1.165) is 0 Å². The summed E-state index contributed by atoms with van der Waals surface area (Å²) in [7, 11) is -1.59. The predicted octanol–water partition coefficient (Wildman–Crippen LogP) is 19.9. The van der Waals surface area contributed by atoms with Gasteiger partial charge in [-0.25, -0.2) is 0 Å². The van der Waals surface area contributed by atoms with Crippen molar-refractivity contribution in [2.45, 2.75) is 19.3 Å². The van der Waals surface area contributed by atoms with E-state index in [-0.39, 0.29) is 5.41 Å². The molecule has 0 radical (unpaired) electrons. The molecule has 0 saturated heterocycles. The van der Waals surface area contributed by atoms with Crippen LogP contribution in [0.25, 0.3) is 119 Å². The number of fused-ring (bicyclic) bond motifs is 11. The molecule has 2 unspecified atom stereocenters. The molecule has 1 aliphatic carbocycles. The van der Waals surface area contributed by atoms with Gasteiger partial charge in [0.2, 0.25) is 0 Å². The molecule has 0 N–H and O–H groups in total. The molecule has 0 nitrogen and oxygen atoms in total. The molecule has 1 aliphatic rings. The highest BCUT2D eigenvalue weighted by atomic mass is 31.1. The molecule has 11 aromatic carbocycles. The highest BCUT2D eigenvalue weighted by molar-refractivity contribution is 7.68. The fourth-order valence-corrected chi connectivity index (χ4v) is 17.7. The van der Waals surface area contributed by atoms with Crippen molar-refractivity contribution in [1.82, 2.24) is 0 Å². The standard InChI is InChI=1S/C65H44P2/c1-65(2)58-37-12-9-24-45(58)50-31-17-36-55(62(50)65)61-48-29-15-27-43(51-32-18-34-53-46-25-10-13-38-59(46)66(63(51)53)41-20-5-3-6-21-41)56(48)40-57-44(28-16-30-49(57)61)52-33-19-35-54-47-26-11-14-39-60(47)67(64(52)54)42-22-7-4-8-23-42/h3-40H,1-2H3. The molecule has 0 fully saturated rings. The summed E-state index contributed by atoms with van der Waals surface area (Å²) in [5, 5.41) is 19.2. The molecule has 2 heteroatoms. The van der Waals surface area contributed by atoms with Gasteiger partial charge in [0.25, 0.3) is 0 Å². The zero-order valence-corrected chi connectivity index (χ0v) is 39.1. The second-order valence-corrected chi connectivity index (χ2v) is 23.0. The SMILES string of the molecule is CC1(C)c2ccccc2-c2cccc(-c3c4cccc(-c5cccc6c7ccccc7p(-c7ccccc7)c56)c4cc4c(-c5cccc6c7ccccc7p(-c7ccccc7)c56)cccc34)c21. The fraction of sp³-hybridized carbons (Fsp3) is 0.0462. The first kappa shape index (κ1) is 38.8. The zero-order valence-electron chi connectivity index (χ0n) is 37.3. The number of benzene rings is 11. The van der Waals surface area contributed by atoms with Crippen molar-refractivity contribution in [1.29, 1.82) is 0 Å². The molecular weight excluding hydrogens is 843 g/mol. The molecule has 0 bridgehead atoms. The molecule has 0 spiro atoms. The van der Waals surface area contributed by atoms with Crippen LogP contribution in [0.2, 0.25) is 0 Å². The highest BCUT2D eigenvalue weighted by Gasteiger charge is 2.38. The number of hydrogen-bond acceptors (Lipinski definition) is 0. The lowest BCUT2D eigenvalue weighted by Gasteiger charge is -2.26. The van der Waals surface area contributed by atoms with Crippen molar-refractivity contribution in [2.75, 3.05) is 0 Å². The Morgan fingerprint density at radius 2 is 0.672 bits per heavy atom. The van der Waals surface area contributed by atoms with Crippen molar-refractivity contribution < 1.29 is 0 Å². The highest BCUT2D eigenvalue weighted by Crippen LogP contribution is 2.61. The summed E-state index contributed by atoms with van der Waals surface area (Å²) in [4.78, 5) is 0. The van der Waals surface area contributed by atoms with E-state index in [1.807, 2.05) is 0 Å². The number of hydrogen-bond donors (Lipinski definition) is 0. The van der Waals surface area contributed by atoms with E-state index >= 15 is 0 Å². The van der Waals surface area contributed by atoms with Crippen LogP contribution in [0.5, 0.6) is 0 Å². The first-order chi connectivity index (χ1) is 33.1. The molecule has 2 atom stereocenters. The van der Waals surface area contributed by atoms with E-state index in [4.69, 9.17) is 0 Å².